The van der Waals surface area contributed by atoms with Gasteiger partial charge in [-0.05, 0) is 59.4 Å². The zero-order chi connectivity index (χ0) is 20.1. The van der Waals surface area contributed by atoms with Crippen LogP contribution in [-0.4, -0.2) is 23.6 Å². The molecule has 3 rings (SSSR count). The third kappa shape index (κ3) is 5.38. The van der Waals surface area contributed by atoms with Crippen LogP contribution in [0.5, 0.6) is 5.75 Å². The Labute approximate surface area is 161 Å². The molecule has 0 saturated carbocycles. The average Bonchev–Trinajstić information content (AvgIpc) is 2.66. The van der Waals surface area contributed by atoms with E-state index in [4.69, 9.17) is 9.84 Å². The average molecular weight is 390 g/mol. The third-order valence-corrected chi connectivity index (χ3v) is 4.80. The normalized spacial score (nSPS) is 16.1. The van der Waals surface area contributed by atoms with E-state index in [1.807, 2.05) is 0 Å². The topological polar surface area (TPSA) is 46.5 Å². The van der Waals surface area contributed by atoms with E-state index in [2.05, 4.69) is 0 Å². The van der Waals surface area contributed by atoms with Gasteiger partial charge in [-0.15, -0.1) is 0 Å². The van der Waals surface area contributed by atoms with Crippen molar-refractivity contribution < 1.29 is 27.8 Å². The van der Waals surface area contributed by atoms with Crippen LogP contribution < -0.4 is 4.74 Å². The lowest BCUT2D eigenvalue weighted by Crippen LogP contribution is -2.24. The Balaban J connectivity index is 1.73. The molecule has 28 heavy (non-hydrogen) atoms. The Morgan fingerprint density at radius 2 is 1.75 bits per heavy atom. The highest BCUT2D eigenvalue weighted by molar-refractivity contribution is 5.70. The van der Waals surface area contributed by atoms with Crippen LogP contribution in [0.3, 0.4) is 0 Å². The van der Waals surface area contributed by atoms with Gasteiger partial charge in [0.25, 0.3) is 5.92 Å². The van der Waals surface area contributed by atoms with Gasteiger partial charge in [0.15, 0.2) is 0 Å². The van der Waals surface area contributed by atoms with Gasteiger partial charge in [0, 0.05) is 19.3 Å². The fourth-order valence-corrected chi connectivity index (χ4v) is 3.30. The number of halogens is 3. The van der Waals surface area contributed by atoms with Gasteiger partial charge in [-0.2, -0.15) is 0 Å². The molecule has 0 fully saturated rings. The summed E-state index contributed by atoms with van der Waals surface area (Å²) in [6.07, 6.45) is 0.0637. The minimum absolute atomic E-state index is 0.0246. The maximum absolute atomic E-state index is 13.9. The summed E-state index contributed by atoms with van der Waals surface area (Å²) in [4.78, 5) is 10.6. The highest BCUT2D eigenvalue weighted by Gasteiger charge is 2.35. The monoisotopic (exact) mass is 390 g/mol. The van der Waals surface area contributed by atoms with Gasteiger partial charge in [0.1, 0.15) is 18.2 Å². The van der Waals surface area contributed by atoms with E-state index in [1.165, 1.54) is 12.1 Å². The number of benzene rings is 2. The lowest BCUT2D eigenvalue weighted by Gasteiger charge is -2.27. The summed E-state index contributed by atoms with van der Waals surface area (Å²) in [5.74, 6) is -3.48. The quantitative estimate of drug-likeness (QED) is 0.680. The SMILES string of the molecule is O=C(O)CCc1ccc(OCC2=C(c3ccc(F)cc3)CCC(F)(F)C2)cc1. The van der Waals surface area contributed by atoms with Crippen molar-refractivity contribution in [2.45, 2.75) is 38.0 Å². The zero-order valence-electron chi connectivity index (χ0n) is 15.3. The molecule has 0 unspecified atom stereocenters. The molecule has 148 valence electrons. The minimum Gasteiger partial charge on any atom is -0.489 e. The summed E-state index contributed by atoms with van der Waals surface area (Å²) < 4.78 is 46.8. The molecule has 6 heteroatoms. The molecule has 0 heterocycles. The summed E-state index contributed by atoms with van der Waals surface area (Å²) in [5.41, 5.74) is 2.89. The number of aryl methyl sites for hydroxylation is 1. The lowest BCUT2D eigenvalue weighted by atomic mass is 9.85. The van der Waals surface area contributed by atoms with Crippen molar-refractivity contribution in [2.75, 3.05) is 6.61 Å². The number of allylic oxidation sites excluding steroid dienone is 1. The summed E-state index contributed by atoms with van der Waals surface area (Å²) in [6.45, 7) is 0.0246. The predicted molar refractivity (Wildman–Crippen MR) is 100 cm³/mol. The zero-order valence-corrected chi connectivity index (χ0v) is 15.3. The number of alkyl halides is 2. The first-order chi connectivity index (χ1) is 13.3. The summed E-state index contributed by atoms with van der Waals surface area (Å²) >= 11 is 0. The standard InChI is InChI=1S/C22H21F3O3/c23-18-6-4-16(5-7-18)20-11-12-22(24,25)13-17(20)14-28-19-8-1-15(2-9-19)3-10-21(26)27/h1-2,4-9H,3,10-14H2,(H,26,27). The third-order valence-electron chi connectivity index (χ3n) is 4.80. The molecule has 1 aliphatic carbocycles. The molecule has 2 aromatic carbocycles. The van der Waals surface area contributed by atoms with Crippen LogP contribution in [0.2, 0.25) is 0 Å². The molecular weight excluding hydrogens is 369 g/mol. The molecule has 0 amide bonds. The minimum atomic E-state index is -2.77. The van der Waals surface area contributed by atoms with Crippen molar-refractivity contribution >= 4 is 11.5 Å². The number of hydrogen-bond acceptors (Lipinski definition) is 2. The van der Waals surface area contributed by atoms with E-state index in [-0.39, 0.29) is 38.1 Å². The Bertz CT molecular complexity index is 856. The number of rotatable bonds is 7. The fourth-order valence-electron chi connectivity index (χ4n) is 3.30. The molecule has 1 aliphatic rings. The van der Waals surface area contributed by atoms with Crippen LogP contribution >= 0.6 is 0 Å². The van der Waals surface area contributed by atoms with Crippen LogP contribution in [0.1, 0.15) is 36.8 Å². The number of ether oxygens (including phenoxy) is 1. The van der Waals surface area contributed by atoms with Crippen LogP contribution in [-0.2, 0) is 11.2 Å². The van der Waals surface area contributed by atoms with Crippen molar-refractivity contribution in [3.8, 4) is 5.75 Å². The van der Waals surface area contributed by atoms with Gasteiger partial charge in [0.2, 0.25) is 0 Å². The number of aliphatic carboxylic acids is 1. The van der Waals surface area contributed by atoms with Gasteiger partial charge in [-0.3, -0.25) is 4.79 Å². The lowest BCUT2D eigenvalue weighted by molar-refractivity contribution is -0.136. The molecule has 0 aliphatic heterocycles. The molecule has 2 aromatic rings. The molecule has 1 N–H and O–H groups in total. The Morgan fingerprint density at radius 3 is 2.39 bits per heavy atom. The van der Waals surface area contributed by atoms with Gasteiger partial charge < -0.3 is 9.84 Å². The van der Waals surface area contributed by atoms with E-state index in [0.29, 0.717) is 17.7 Å². The first kappa shape index (κ1) is 20.0. The summed E-state index contributed by atoms with van der Waals surface area (Å²) in [6, 6.07) is 12.8. The molecule has 0 saturated heterocycles. The van der Waals surface area contributed by atoms with Crippen molar-refractivity contribution in [3.63, 3.8) is 0 Å². The smallest absolute Gasteiger partial charge is 0.303 e. The van der Waals surface area contributed by atoms with Crippen molar-refractivity contribution in [1.29, 1.82) is 0 Å². The van der Waals surface area contributed by atoms with Gasteiger partial charge in [-0.1, -0.05) is 24.3 Å². The maximum atomic E-state index is 13.9. The fraction of sp³-hybridized carbons (Fsp3) is 0.318. The number of carbonyl (C=O) groups is 1. The highest BCUT2D eigenvalue weighted by Crippen LogP contribution is 2.41. The number of carboxylic acids is 1. The number of carboxylic acid groups (broad SMARTS) is 1. The van der Waals surface area contributed by atoms with E-state index >= 15 is 0 Å². The Kier molecular flexibility index (Phi) is 6.07. The van der Waals surface area contributed by atoms with Crippen molar-refractivity contribution in [3.05, 3.63) is 71.0 Å². The largest absolute Gasteiger partial charge is 0.489 e. The van der Waals surface area contributed by atoms with Crippen LogP contribution in [0.4, 0.5) is 13.2 Å². The highest BCUT2D eigenvalue weighted by atomic mass is 19.3. The first-order valence-electron chi connectivity index (χ1n) is 9.11. The van der Waals surface area contributed by atoms with E-state index in [1.54, 1.807) is 36.4 Å². The maximum Gasteiger partial charge on any atom is 0.303 e. The van der Waals surface area contributed by atoms with Gasteiger partial charge >= 0.3 is 5.97 Å². The molecule has 0 radical (unpaired) electrons. The molecule has 0 spiro atoms. The molecule has 0 aromatic heterocycles. The van der Waals surface area contributed by atoms with Crippen LogP contribution in [0.15, 0.2) is 54.1 Å². The first-order valence-corrected chi connectivity index (χ1v) is 9.11. The summed E-state index contributed by atoms with van der Waals surface area (Å²) in [5, 5.41) is 8.72. The van der Waals surface area contributed by atoms with Crippen molar-refractivity contribution in [1.82, 2.24) is 0 Å². The Hall–Kier alpha value is -2.76. The van der Waals surface area contributed by atoms with Crippen molar-refractivity contribution in [2.24, 2.45) is 0 Å². The van der Waals surface area contributed by atoms with Crippen LogP contribution in [0, 0.1) is 5.82 Å². The second-order valence-electron chi connectivity index (χ2n) is 6.95. The second kappa shape index (κ2) is 8.50. The molecule has 3 nitrogen and oxygen atoms in total. The second-order valence-corrected chi connectivity index (χ2v) is 6.95. The van der Waals surface area contributed by atoms with E-state index < -0.39 is 11.9 Å². The summed E-state index contributed by atoms with van der Waals surface area (Å²) in [7, 11) is 0. The molecular formula is C22H21F3O3. The molecule has 0 bridgehead atoms. The van der Waals surface area contributed by atoms with E-state index in [9.17, 15) is 18.0 Å². The van der Waals surface area contributed by atoms with Crippen LogP contribution in [0.25, 0.3) is 5.57 Å². The van der Waals surface area contributed by atoms with Gasteiger partial charge in [0.05, 0.1) is 0 Å². The van der Waals surface area contributed by atoms with Gasteiger partial charge in [-0.25, -0.2) is 13.2 Å². The predicted octanol–water partition coefficient (Wildman–Crippen LogP) is 5.49. The Morgan fingerprint density at radius 1 is 1.07 bits per heavy atom. The van der Waals surface area contributed by atoms with E-state index in [0.717, 1.165) is 16.7 Å². The molecule has 0 atom stereocenters. The number of hydrogen-bond donors (Lipinski definition) is 1.